The molecule has 0 heterocycles. The molecule has 76 valence electrons. The fourth-order valence-electron chi connectivity index (χ4n) is 0.614. The summed E-state index contributed by atoms with van der Waals surface area (Å²) in [4.78, 5) is 20.7. The van der Waals surface area contributed by atoms with Crippen molar-refractivity contribution in [2.45, 2.75) is 25.6 Å². The van der Waals surface area contributed by atoms with E-state index in [0.717, 1.165) is 0 Å². The normalized spacial score (nSPS) is 13.5. The number of amides is 2. The van der Waals surface area contributed by atoms with Crippen LogP contribution in [0.5, 0.6) is 0 Å². The summed E-state index contributed by atoms with van der Waals surface area (Å²) in [6.07, 6.45) is -4.96. The number of carbonyl (C=O) groups is 2. The van der Waals surface area contributed by atoms with E-state index in [-0.39, 0.29) is 6.42 Å². The molecule has 0 aromatic carbocycles. The molecular weight excluding hydrogens is 189 g/mol. The zero-order valence-electron chi connectivity index (χ0n) is 6.81. The van der Waals surface area contributed by atoms with Gasteiger partial charge in [0, 0.05) is 0 Å². The Morgan fingerprint density at radius 3 is 2.15 bits per heavy atom. The smallest absolute Gasteiger partial charge is 0.368 e. The van der Waals surface area contributed by atoms with Gasteiger partial charge in [-0.15, -0.1) is 0 Å². The van der Waals surface area contributed by atoms with E-state index < -0.39 is 24.0 Å². The van der Waals surface area contributed by atoms with Crippen LogP contribution in [0.15, 0.2) is 0 Å². The summed E-state index contributed by atoms with van der Waals surface area (Å²) in [5, 5.41) is 1.47. The van der Waals surface area contributed by atoms with E-state index in [1.54, 1.807) is 0 Å². The summed E-state index contributed by atoms with van der Waals surface area (Å²) in [7, 11) is 0. The first-order chi connectivity index (χ1) is 5.79. The second kappa shape index (κ2) is 4.11. The summed E-state index contributed by atoms with van der Waals surface area (Å²) in [6.45, 7) is 1.44. The van der Waals surface area contributed by atoms with Crippen molar-refractivity contribution in [3.63, 3.8) is 0 Å². The highest BCUT2D eigenvalue weighted by Gasteiger charge is 2.40. The first-order valence-electron chi connectivity index (χ1n) is 3.46. The lowest BCUT2D eigenvalue weighted by atomic mass is 10.2. The monoisotopic (exact) mass is 198 g/mol. The van der Waals surface area contributed by atoms with Crippen LogP contribution in [0.25, 0.3) is 0 Å². The number of rotatable bonds is 3. The second-order valence-corrected chi connectivity index (χ2v) is 2.33. The number of hydrogen-bond acceptors (Lipinski definition) is 2. The molecule has 1 atom stereocenters. The third-order valence-corrected chi connectivity index (χ3v) is 1.31. The maximum Gasteiger partial charge on any atom is 0.471 e. The Bertz CT molecular complexity index is 214. The van der Waals surface area contributed by atoms with Gasteiger partial charge in [-0.25, -0.2) is 0 Å². The summed E-state index contributed by atoms with van der Waals surface area (Å²) in [5.74, 6) is -3.14. The first-order valence-corrected chi connectivity index (χ1v) is 3.46. The number of carbonyl (C=O) groups excluding carboxylic acids is 2. The van der Waals surface area contributed by atoms with E-state index in [1.807, 2.05) is 0 Å². The molecule has 0 aliphatic rings. The number of alkyl halides is 3. The quantitative estimate of drug-likeness (QED) is 0.666. The first kappa shape index (κ1) is 11.7. The lowest BCUT2D eigenvalue weighted by Crippen LogP contribution is -2.48. The molecule has 0 spiro atoms. The van der Waals surface area contributed by atoms with Crippen molar-refractivity contribution in [2.24, 2.45) is 5.73 Å². The third-order valence-electron chi connectivity index (χ3n) is 1.31. The average Bonchev–Trinajstić information content (AvgIpc) is 1.96. The van der Waals surface area contributed by atoms with Gasteiger partial charge in [-0.05, 0) is 6.42 Å². The molecule has 0 aromatic rings. The minimum absolute atomic E-state index is 0.0250. The molecule has 0 radical (unpaired) electrons. The predicted molar refractivity (Wildman–Crippen MR) is 37.5 cm³/mol. The topological polar surface area (TPSA) is 72.2 Å². The Kier molecular flexibility index (Phi) is 3.70. The van der Waals surface area contributed by atoms with E-state index in [4.69, 9.17) is 5.73 Å². The standard InChI is InChI=1S/C6H9F3N2O2/c1-2-3(4(10)12)11-5(13)6(7,8)9/h3H,2H2,1H3,(H2,10,12)(H,11,13). The van der Waals surface area contributed by atoms with E-state index in [0.29, 0.717) is 0 Å². The maximum absolute atomic E-state index is 11.6. The summed E-state index contributed by atoms with van der Waals surface area (Å²) in [5.41, 5.74) is 4.72. The molecule has 0 saturated heterocycles. The second-order valence-electron chi connectivity index (χ2n) is 2.33. The van der Waals surface area contributed by atoms with Crippen LogP contribution < -0.4 is 11.1 Å². The minimum atomic E-state index is -4.98. The summed E-state index contributed by atoms with van der Waals surface area (Å²) < 4.78 is 34.9. The number of nitrogens with one attached hydrogen (secondary N) is 1. The molecule has 2 amide bonds. The fourth-order valence-corrected chi connectivity index (χ4v) is 0.614. The van der Waals surface area contributed by atoms with E-state index in [9.17, 15) is 22.8 Å². The van der Waals surface area contributed by atoms with Crippen molar-refractivity contribution in [1.82, 2.24) is 5.32 Å². The average molecular weight is 198 g/mol. The summed E-state index contributed by atoms with van der Waals surface area (Å²) >= 11 is 0. The Hall–Kier alpha value is -1.27. The SMILES string of the molecule is CCC(NC(=O)C(F)(F)F)C(N)=O. The molecule has 0 rings (SSSR count). The van der Waals surface area contributed by atoms with Gasteiger partial charge in [-0.1, -0.05) is 6.92 Å². The minimum Gasteiger partial charge on any atom is -0.368 e. The Labute approximate surface area is 72.3 Å². The molecule has 0 saturated carbocycles. The molecular formula is C6H9F3N2O2. The lowest BCUT2D eigenvalue weighted by Gasteiger charge is -2.14. The van der Waals surface area contributed by atoms with Crippen molar-refractivity contribution in [2.75, 3.05) is 0 Å². The molecule has 13 heavy (non-hydrogen) atoms. The van der Waals surface area contributed by atoms with Crippen molar-refractivity contribution >= 4 is 11.8 Å². The van der Waals surface area contributed by atoms with Crippen molar-refractivity contribution in [1.29, 1.82) is 0 Å². The van der Waals surface area contributed by atoms with Gasteiger partial charge in [0.1, 0.15) is 6.04 Å². The van der Waals surface area contributed by atoms with E-state index >= 15 is 0 Å². The van der Waals surface area contributed by atoms with Gasteiger partial charge in [0.05, 0.1) is 0 Å². The van der Waals surface area contributed by atoms with Crippen LogP contribution in [-0.2, 0) is 9.59 Å². The summed E-state index contributed by atoms with van der Waals surface area (Å²) in [6, 6.07) is -1.27. The lowest BCUT2D eigenvalue weighted by molar-refractivity contribution is -0.174. The zero-order chi connectivity index (χ0) is 10.6. The van der Waals surface area contributed by atoms with Crippen molar-refractivity contribution in [3.05, 3.63) is 0 Å². The molecule has 0 aromatic heterocycles. The third kappa shape index (κ3) is 3.77. The fraction of sp³-hybridized carbons (Fsp3) is 0.667. The maximum atomic E-state index is 11.6. The largest absolute Gasteiger partial charge is 0.471 e. The van der Waals surface area contributed by atoms with E-state index in [1.165, 1.54) is 12.2 Å². The molecule has 0 bridgehead atoms. The number of halogens is 3. The number of nitrogens with two attached hydrogens (primary N) is 1. The Balaban J connectivity index is 4.26. The Morgan fingerprint density at radius 2 is 1.92 bits per heavy atom. The molecule has 0 aliphatic heterocycles. The molecule has 0 fully saturated rings. The van der Waals surface area contributed by atoms with Crippen LogP contribution in [0, 0.1) is 0 Å². The van der Waals surface area contributed by atoms with Crippen LogP contribution in [0.2, 0.25) is 0 Å². The molecule has 4 nitrogen and oxygen atoms in total. The molecule has 0 aliphatic carbocycles. The molecule has 3 N–H and O–H groups in total. The van der Waals surface area contributed by atoms with E-state index in [2.05, 4.69) is 0 Å². The highest BCUT2D eigenvalue weighted by molar-refractivity contribution is 5.88. The van der Waals surface area contributed by atoms with Gasteiger partial charge in [0.2, 0.25) is 5.91 Å². The van der Waals surface area contributed by atoms with Gasteiger partial charge in [-0.3, -0.25) is 9.59 Å². The van der Waals surface area contributed by atoms with Gasteiger partial charge in [0.15, 0.2) is 0 Å². The number of primary amides is 1. The van der Waals surface area contributed by atoms with Gasteiger partial charge in [-0.2, -0.15) is 13.2 Å². The van der Waals surface area contributed by atoms with Crippen LogP contribution in [0.4, 0.5) is 13.2 Å². The predicted octanol–water partition coefficient (Wildman–Crippen LogP) is -0.0712. The van der Waals surface area contributed by atoms with Crippen LogP contribution in [-0.4, -0.2) is 24.0 Å². The van der Waals surface area contributed by atoms with Crippen LogP contribution in [0.3, 0.4) is 0 Å². The van der Waals surface area contributed by atoms with Crippen LogP contribution >= 0.6 is 0 Å². The van der Waals surface area contributed by atoms with Gasteiger partial charge < -0.3 is 11.1 Å². The van der Waals surface area contributed by atoms with Gasteiger partial charge >= 0.3 is 12.1 Å². The van der Waals surface area contributed by atoms with Crippen molar-refractivity contribution in [3.8, 4) is 0 Å². The highest BCUT2D eigenvalue weighted by atomic mass is 19.4. The Morgan fingerprint density at radius 1 is 1.46 bits per heavy atom. The molecule has 1 unspecified atom stereocenters. The number of hydrogen-bond donors (Lipinski definition) is 2. The van der Waals surface area contributed by atoms with Gasteiger partial charge in [0.25, 0.3) is 0 Å². The van der Waals surface area contributed by atoms with Crippen molar-refractivity contribution < 1.29 is 22.8 Å². The zero-order valence-corrected chi connectivity index (χ0v) is 6.81. The molecule has 7 heteroatoms. The highest BCUT2D eigenvalue weighted by Crippen LogP contribution is 2.14. The van der Waals surface area contributed by atoms with Crippen LogP contribution in [0.1, 0.15) is 13.3 Å².